The SMILES string of the molecule is CC[C@@H](OCOC)C1(C)OC(C)(C)O[C@@H]1[C@@H](C)CCO. The van der Waals surface area contributed by atoms with Crippen molar-refractivity contribution in [3.8, 4) is 0 Å². The highest BCUT2D eigenvalue weighted by molar-refractivity contribution is 5.00. The maximum Gasteiger partial charge on any atom is 0.164 e. The summed E-state index contributed by atoms with van der Waals surface area (Å²) in [7, 11) is 1.61. The fourth-order valence-electron chi connectivity index (χ4n) is 3.16. The molecular formula is C15H30O5. The molecule has 5 nitrogen and oxygen atoms in total. The van der Waals surface area contributed by atoms with Crippen molar-refractivity contribution in [1.82, 2.24) is 0 Å². The van der Waals surface area contributed by atoms with Gasteiger partial charge in [0.2, 0.25) is 0 Å². The predicted molar refractivity (Wildman–Crippen MR) is 76.3 cm³/mol. The average molecular weight is 290 g/mol. The van der Waals surface area contributed by atoms with Gasteiger partial charge in [-0.2, -0.15) is 0 Å². The molecule has 0 amide bonds. The van der Waals surface area contributed by atoms with Crippen molar-refractivity contribution in [2.24, 2.45) is 5.92 Å². The predicted octanol–water partition coefficient (Wildman–Crippen LogP) is 2.31. The largest absolute Gasteiger partial charge is 0.396 e. The maximum atomic E-state index is 9.19. The van der Waals surface area contributed by atoms with Crippen LogP contribution in [0.15, 0.2) is 0 Å². The van der Waals surface area contributed by atoms with Crippen molar-refractivity contribution >= 4 is 0 Å². The molecule has 0 spiro atoms. The number of rotatable bonds is 8. The topological polar surface area (TPSA) is 57.2 Å². The molecule has 4 atom stereocenters. The van der Waals surface area contributed by atoms with Gasteiger partial charge in [-0.3, -0.25) is 0 Å². The second-order valence-corrected chi connectivity index (χ2v) is 6.18. The fraction of sp³-hybridized carbons (Fsp3) is 1.00. The molecule has 0 aliphatic carbocycles. The molecular weight excluding hydrogens is 260 g/mol. The third kappa shape index (κ3) is 3.92. The summed E-state index contributed by atoms with van der Waals surface area (Å²) in [5, 5.41) is 9.19. The Morgan fingerprint density at radius 1 is 1.30 bits per heavy atom. The van der Waals surface area contributed by atoms with Gasteiger partial charge in [-0.25, -0.2) is 0 Å². The van der Waals surface area contributed by atoms with E-state index in [0.717, 1.165) is 6.42 Å². The van der Waals surface area contributed by atoms with Crippen LogP contribution in [0.3, 0.4) is 0 Å². The first-order valence-corrected chi connectivity index (χ1v) is 7.40. The summed E-state index contributed by atoms with van der Waals surface area (Å²) >= 11 is 0. The number of hydrogen-bond donors (Lipinski definition) is 1. The number of aliphatic hydroxyl groups is 1. The third-order valence-corrected chi connectivity index (χ3v) is 3.94. The van der Waals surface area contributed by atoms with Gasteiger partial charge >= 0.3 is 0 Å². The molecule has 1 aliphatic heterocycles. The van der Waals surface area contributed by atoms with Crippen molar-refractivity contribution in [2.45, 2.75) is 71.1 Å². The van der Waals surface area contributed by atoms with Gasteiger partial charge in [0.1, 0.15) is 12.4 Å². The molecule has 0 bridgehead atoms. The van der Waals surface area contributed by atoms with Crippen LogP contribution in [-0.2, 0) is 18.9 Å². The van der Waals surface area contributed by atoms with Crippen molar-refractivity contribution in [3.63, 3.8) is 0 Å². The first kappa shape index (κ1) is 17.9. The lowest BCUT2D eigenvalue weighted by Crippen LogP contribution is -2.51. The third-order valence-electron chi connectivity index (χ3n) is 3.94. The summed E-state index contributed by atoms with van der Waals surface area (Å²) in [6, 6.07) is 0. The number of methoxy groups -OCH3 is 1. The van der Waals surface area contributed by atoms with E-state index in [1.807, 2.05) is 20.8 Å². The number of ether oxygens (including phenoxy) is 4. The zero-order valence-corrected chi connectivity index (χ0v) is 13.6. The molecule has 1 rings (SSSR count). The van der Waals surface area contributed by atoms with E-state index in [2.05, 4.69) is 13.8 Å². The molecule has 0 radical (unpaired) electrons. The Bertz CT molecular complexity index is 294. The molecule has 0 aromatic carbocycles. The van der Waals surface area contributed by atoms with E-state index in [1.165, 1.54) is 0 Å². The van der Waals surface area contributed by atoms with Crippen LogP contribution in [0.5, 0.6) is 0 Å². The Balaban J connectivity index is 2.94. The van der Waals surface area contributed by atoms with E-state index in [1.54, 1.807) is 7.11 Å². The Labute approximate surface area is 122 Å². The molecule has 1 aliphatic rings. The van der Waals surface area contributed by atoms with E-state index in [4.69, 9.17) is 18.9 Å². The molecule has 1 unspecified atom stereocenters. The van der Waals surface area contributed by atoms with E-state index in [0.29, 0.717) is 6.42 Å². The first-order valence-electron chi connectivity index (χ1n) is 7.40. The minimum atomic E-state index is -0.646. The number of hydrogen-bond acceptors (Lipinski definition) is 5. The standard InChI is InChI=1S/C15H30O5/c1-7-12(18-10-17-6)15(5)13(11(2)8-9-16)19-14(3,4)20-15/h11-13,16H,7-10H2,1-6H3/t11-,12+,13+,15?/m0/s1. The smallest absolute Gasteiger partial charge is 0.164 e. The van der Waals surface area contributed by atoms with Crippen LogP contribution in [0.25, 0.3) is 0 Å². The normalized spacial score (nSPS) is 32.2. The van der Waals surface area contributed by atoms with Gasteiger partial charge in [-0.15, -0.1) is 0 Å². The van der Waals surface area contributed by atoms with Crippen LogP contribution in [0.1, 0.15) is 47.5 Å². The highest BCUT2D eigenvalue weighted by Gasteiger charge is 2.56. The summed E-state index contributed by atoms with van der Waals surface area (Å²) in [5.41, 5.74) is -0.550. The molecule has 1 fully saturated rings. The minimum absolute atomic E-state index is 0.115. The second-order valence-electron chi connectivity index (χ2n) is 6.18. The monoisotopic (exact) mass is 290 g/mol. The first-order chi connectivity index (χ1) is 9.30. The van der Waals surface area contributed by atoms with Crippen molar-refractivity contribution < 1.29 is 24.1 Å². The van der Waals surface area contributed by atoms with Crippen molar-refractivity contribution in [2.75, 3.05) is 20.5 Å². The van der Waals surface area contributed by atoms with Gasteiger partial charge in [0.25, 0.3) is 0 Å². The highest BCUT2D eigenvalue weighted by Crippen LogP contribution is 2.44. The molecule has 0 saturated carbocycles. The van der Waals surface area contributed by atoms with Gasteiger partial charge in [-0.1, -0.05) is 13.8 Å². The van der Waals surface area contributed by atoms with Crippen LogP contribution >= 0.6 is 0 Å². The van der Waals surface area contributed by atoms with Crippen LogP contribution in [0.4, 0.5) is 0 Å². The van der Waals surface area contributed by atoms with Crippen LogP contribution in [0, 0.1) is 5.92 Å². The zero-order valence-electron chi connectivity index (χ0n) is 13.6. The molecule has 1 heterocycles. The summed E-state index contributed by atoms with van der Waals surface area (Å²) < 4.78 is 23.1. The minimum Gasteiger partial charge on any atom is -0.396 e. The van der Waals surface area contributed by atoms with E-state index >= 15 is 0 Å². The van der Waals surface area contributed by atoms with E-state index < -0.39 is 11.4 Å². The Kier molecular flexibility index (Phi) is 6.41. The van der Waals surface area contributed by atoms with Gasteiger partial charge in [0, 0.05) is 13.7 Å². The van der Waals surface area contributed by atoms with E-state index in [-0.39, 0.29) is 31.5 Å². The lowest BCUT2D eigenvalue weighted by molar-refractivity contribution is -0.201. The molecule has 5 heteroatoms. The second kappa shape index (κ2) is 7.18. The van der Waals surface area contributed by atoms with Gasteiger partial charge < -0.3 is 24.1 Å². The maximum absolute atomic E-state index is 9.19. The zero-order chi connectivity index (χ0) is 15.4. The van der Waals surface area contributed by atoms with Crippen molar-refractivity contribution in [3.05, 3.63) is 0 Å². The molecule has 20 heavy (non-hydrogen) atoms. The number of aliphatic hydroxyl groups excluding tert-OH is 1. The Morgan fingerprint density at radius 3 is 2.45 bits per heavy atom. The van der Waals surface area contributed by atoms with Crippen LogP contribution in [0.2, 0.25) is 0 Å². The molecule has 1 N–H and O–H groups in total. The molecule has 1 saturated heterocycles. The quantitative estimate of drug-likeness (QED) is 0.695. The lowest BCUT2D eigenvalue weighted by Gasteiger charge is -2.38. The van der Waals surface area contributed by atoms with Crippen molar-refractivity contribution in [1.29, 1.82) is 0 Å². The van der Waals surface area contributed by atoms with Crippen LogP contribution in [-0.4, -0.2) is 49.2 Å². The van der Waals surface area contributed by atoms with Gasteiger partial charge in [-0.05, 0) is 39.5 Å². The molecule has 0 aromatic heterocycles. The van der Waals surface area contributed by atoms with Gasteiger partial charge in [0.05, 0.1) is 12.2 Å². The highest BCUT2D eigenvalue weighted by atomic mass is 16.8. The van der Waals surface area contributed by atoms with Crippen LogP contribution < -0.4 is 0 Å². The van der Waals surface area contributed by atoms with Gasteiger partial charge in [0.15, 0.2) is 5.79 Å². The Morgan fingerprint density at radius 2 is 1.95 bits per heavy atom. The van der Waals surface area contributed by atoms with E-state index in [9.17, 15) is 5.11 Å². The summed E-state index contributed by atoms with van der Waals surface area (Å²) in [6.45, 7) is 10.4. The fourth-order valence-corrected chi connectivity index (χ4v) is 3.16. The molecule has 120 valence electrons. The summed E-state index contributed by atoms with van der Waals surface area (Å²) in [4.78, 5) is 0. The summed E-state index contributed by atoms with van der Waals surface area (Å²) in [6.07, 6.45) is 1.25. The Hall–Kier alpha value is -0.200. The summed E-state index contributed by atoms with van der Waals surface area (Å²) in [5.74, 6) is -0.459. The average Bonchev–Trinajstić information content (AvgIpc) is 2.61. The lowest BCUT2D eigenvalue weighted by atomic mass is 9.82. The molecule has 0 aromatic rings.